The first kappa shape index (κ1) is 19.8. The number of ether oxygens (including phenoxy) is 1. The molecule has 0 bridgehead atoms. The van der Waals surface area contributed by atoms with E-state index in [9.17, 15) is 14.7 Å². The van der Waals surface area contributed by atoms with E-state index < -0.39 is 20.0 Å². The minimum Gasteiger partial charge on any atom is -0.481 e. The van der Waals surface area contributed by atoms with E-state index in [1.165, 1.54) is 0 Å². The van der Waals surface area contributed by atoms with Gasteiger partial charge in [-0.2, -0.15) is 0 Å². The largest absolute Gasteiger partial charge is 0.481 e. The van der Waals surface area contributed by atoms with Crippen molar-refractivity contribution in [3.05, 3.63) is 0 Å². The van der Waals surface area contributed by atoms with Gasteiger partial charge in [-0.25, -0.2) is 4.58 Å². The molecule has 0 aliphatic rings. The zero-order valence-corrected chi connectivity index (χ0v) is 15.0. The Kier molecular flexibility index (Phi) is 9.16. The van der Waals surface area contributed by atoms with E-state index in [0.29, 0.717) is 6.61 Å². The molecule has 1 unspecified atom stereocenters. The number of carbonyl (C=O) groups is 2. The van der Waals surface area contributed by atoms with Crippen LogP contribution in [0.3, 0.4) is 0 Å². The molecule has 0 aliphatic heterocycles. The normalized spacial score (nSPS) is 12.6. The molecule has 1 N–H and O–H groups in total. The average molecular weight is 316 g/mol. The maximum atomic E-state index is 11.7. The summed E-state index contributed by atoms with van der Waals surface area (Å²) in [6.45, 7) is 12.6. The second kappa shape index (κ2) is 9.71. The topological polar surface area (TPSA) is 66.6 Å². The molecule has 1 atom stereocenters. The lowest BCUT2D eigenvalue weighted by atomic mass is 10.1. The Balaban J connectivity index is 4.28. The van der Waals surface area contributed by atoms with Crippen molar-refractivity contribution in [1.29, 1.82) is 0 Å². The molecule has 0 heterocycles. The van der Waals surface area contributed by atoms with Crippen LogP contribution >= 0.6 is 0 Å². The number of rotatable bonds is 10. The summed E-state index contributed by atoms with van der Waals surface area (Å²) in [5.74, 6) is -1.82. The van der Waals surface area contributed by atoms with Gasteiger partial charge in [0.05, 0.1) is 6.61 Å². The van der Waals surface area contributed by atoms with Gasteiger partial charge in [-0.15, -0.1) is 0 Å². The highest BCUT2D eigenvalue weighted by Crippen LogP contribution is 2.10. The van der Waals surface area contributed by atoms with Gasteiger partial charge in [0.2, 0.25) is 0 Å². The van der Waals surface area contributed by atoms with Crippen LogP contribution in [0.2, 0.25) is 25.7 Å². The van der Waals surface area contributed by atoms with E-state index in [1.54, 1.807) is 6.21 Å². The van der Waals surface area contributed by atoms with Crippen molar-refractivity contribution in [3.8, 4) is 0 Å². The van der Waals surface area contributed by atoms with E-state index in [-0.39, 0.29) is 18.8 Å². The minimum absolute atomic E-state index is 0.153. The van der Waals surface area contributed by atoms with Gasteiger partial charge in [-0.3, -0.25) is 9.59 Å². The van der Waals surface area contributed by atoms with Crippen LogP contribution in [0.15, 0.2) is 0 Å². The van der Waals surface area contributed by atoms with Crippen molar-refractivity contribution in [2.24, 2.45) is 5.92 Å². The Labute approximate surface area is 129 Å². The molecule has 0 saturated carbocycles. The molecule has 122 valence electrons. The van der Waals surface area contributed by atoms with Gasteiger partial charge in [0, 0.05) is 14.5 Å². The number of carboxylic acids is 1. The smallest absolute Gasteiger partial charge is 0.316 e. The van der Waals surface area contributed by atoms with Gasteiger partial charge in [0.25, 0.3) is 0 Å². The monoisotopic (exact) mass is 316 g/mol. The number of nitrogens with zero attached hydrogens (tertiary/aromatic N) is 1. The lowest BCUT2D eigenvalue weighted by molar-refractivity contribution is -0.517. The molecule has 0 spiro atoms. The third kappa shape index (κ3) is 10.2. The standard InChI is InChI=1S/C15H29NO4Si/c1-6-16(7-2)12-13(15(18)19)8-9-14(17)20-10-11-21(3,4)5/h12-13H,6-11H2,1-5H3/p+1. The molecule has 5 nitrogen and oxygen atoms in total. The summed E-state index contributed by atoms with van der Waals surface area (Å²) in [5, 5.41) is 9.20. The highest BCUT2D eigenvalue weighted by molar-refractivity contribution is 6.76. The number of esters is 1. The number of aliphatic carboxylic acids is 1. The Hall–Kier alpha value is -1.17. The van der Waals surface area contributed by atoms with Crippen molar-refractivity contribution in [2.45, 2.75) is 52.4 Å². The summed E-state index contributed by atoms with van der Waals surface area (Å²) in [6, 6.07) is 0.937. The number of hydrogen-bond acceptors (Lipinski definition) is 3. The highest BCUT2D eigenvalue weighted by atomic mass is 28.3. The van der Waals surface area contributed by atoms with Gasteiger partial charge in [-0.1, -0.05) is 19.6 Å². The summed E-state index contributed by atoms with van der Waals surface area (Å²) in [4.78, 5) is 22.9. The van der Waals surface area contributed by atoms with E-state index in [0.717, 1.165) is 19.1 Å². The molecule has 0 aromatic carbocycles. The first-order valence-electron chi connectivity index (χ1n) is 7.67. The molecule has 21 heavy (non-hydrogen) atoms. The van der Waals surface area contributed by atoms with Crippen molar-refractivity contribution in [1.82, 2.24) is 0 Å². The lowest BCUT2D eigenvalue weighted by Crippen LogP contribution is -2.25. The Morgan fingerprint density at radius 3 is 2.24 bits per heavy atom. The van der Waals surface area contributed by atoms with Crippen LogP contribution in [0.1, 0.15) is 26.7 Å². The zero-order chi connectivity index (χ0) is 16.5. The molecular formula is C15H30NO4Si+. The second-order valence-corrected chi connectivity index (χ2v) is 12.0. The van der Waals surface area contributed by atoms with Crippen LogP contribution in [0.4, 0.5) is 0 Å². The van der Waals surface area contributed by atoms with E-state index >= 15 is 0 Å². The second-order valence-electron chi connectivity index (χ2n) is 6.38. The quantitative estimate of drug-likeness (QED) is 0.291. The van der Waals surface area contributed by atoms with Crippen molar-refractivity contribution in [3.63, 3.8) is 0 Å². The molecule has 0 saturated heterocycles. The molecule has 0 fully saturated rings. The zero-order valence-electron chi connectivity index (χ0n) is 14.0. The van der Waals surface area contributed by atoms with Crippen molar-refractivity contribution in [2.75, 3.05) is 19.7 Å². The molecule has 0 amide bonds. The molecule has 0 radical (unpaired) electrons. The van der Waals surface area contributed by atoms with Crippen LogP contribution in [0.5, 0.6) is 0 Å². The van der Waals surface area contributed by atoms with E-state index in [2.05, 4.69) is 19.6 Å². The van der Waals surface area contributed by atoms with Gasteiger partial charge in [0.1, 0.15) is 19.0 Å². The fourth-order valence-corrected chi connectivity index (χ4v) is 2.48. The molecule has 0 aliphatic carbocycles. The summed E-state index contributed by atoms with van der Waals surface area (Å²) < 4.78 is 7.12. The van der Waals surface area contributed by atoms with E-state index in [1.807, 2.05) is 18.4 Å². The van der Waals surface area contributed by atoms with Crippen LogP contribution < -0.4 is 0 Å². The Morgan fingerprint density at radius 2 is 1.81 bits per heavy atom. The van der Waals surface area contributed by atoms with E-state index in [4.69, 9.17) is 4.74 Å². The lowest BCUT2D eigenvalue weighted by Gasteiger charge is -2.15. The molecule has 0 aromatic heterocycles. The van der Waals surface area contributed by atoms with Gasteiger partial charge in [0.15, 0.2) is 6.21 Å². The third-order valence-corrected chi connectivity index (χ3v) is 5.00. The average Bonchev–Trinajstić information content (AvgIpc) is 2.37. The van der Waals surface area contributed by atoms with Crippen LogP contribution in [0.25, 0.3) is 0 Å². The van der Waals surface area contributed by atoms with Crippen LogP contribution in [0, 0.1) is 5.92 Å². The molecule has 0 aromatic rings. The SMILES string of the molecule is CC[N+](=CC(CCC(=O)OCC[Si](C)(C)C)C(=O)O)CC. The predicted octanol–water partition coefficient (Wildman–Crippen LogP) is 2.47. The number of hydrogen-bond donors (Lipinski definition) is 1. The first-order valence-corrected chi connectivity index (χ1v) is 11.4. The minimum atomic E-state index is -1.20. The fourth-order valence-electron chi connectivity index (χ4n) is 1.77. The van der Waals surface area contributed by atoms with Gasteiger partial charge < -0.3 is 9.84 Å². The molecule has 6 heteroatoms. The first-order chi connectivity index (χ1) is 9.69. The van der Waals surface area contributed by atoms with Crippen LogP contribution in [-0.4, -0.2) is 55.6 Å². The maximum Gasteiger partial charge on any atom is 0.316 e. The summed E-state index contributed by atoms with van der Waals surface area (Å²) in [7, 11) is -1.20. The molecule has 0 rings (SSSR count). The van der Waals surface area contributed by atoms with Crippen LogP contribution in [-0.2, 0) is 14.3 Å². The molecular weight excluding hydrogens is 286 g/mol. The maximum absolute atomic E-state index is 11.7. The highest BCUT2D eigenvalue weighted by Gasteiger charge is 2.21. The Morgan fingerprint density at radius 1 is 1.24 bits per heavy atom. The van der Waals surface area contributed by atoms with Gasteiger partial charge >= 0.3 is 11.9 Å². The number of carboxylic acid groups (broad SMARTS) is 1. The Bertz CT molecular complexity index is 368. The van der Waals surface area contributed by atoms with Crippen molar-refractivity contribution < 1.29 is 24.0 Å². The number of carbonyl (C=O) groups excluding carboxylic acids is 1. The fraction of sp³-hybridized carbons (Fsp3) is 0.800. The van der Waals surface area contributed by atoms with Crippen molar-refractivity contribution >= 4 is 26.2 Å². The van der Waals surface area contributed by atoms with Gasteiger partial charge in [-0.05, 0) is 26.3 Å². The predicted molar refractivity (Wildman–Crippen MR) is 86.9 cm³/mol. The summed E-state index contributed by atoms with van der Waals surface area (Å²) >= 11 is 0. The third-order valence-electron chi connectivity index (χ3n) is 3.29. The summed E-state index contributed by atoms with van der Waals surface area (Å²) in [6.07, 6.45) is 2.15. The summed E-state index contributed by atoms with van der Waals surface area (Å²) in [5.41, 5.74) is 0.